The Kier molecular flexibility index (Phi) is 9.39. The zero-order valence-electron chi connectivity index (χ0n) is 19.7. The molecule has 0 radical (unpaired) electrons. The first kappa shape index (κ1) is 27.5. The molecule has 1 unspecified atom stereocenters. The van der Waals surface area contributed by atoms with E-state index in [-0.39, 0.29) is 11.6 Å². The second-order valence-electron chi connectivity index (χ2n) is 8.67. The number of hydrogen-bond acceptors (Lipinski definition) is 6. The van der Waals surface area contributed by atoms with Gasteiger partial charge in [0.25, 0.3) is 0 Å². The average molecular weight is 595 g/mol. The van der Waals surface area contributed by atoms with Gasteiger partial charge >= 0.3 is 163 Å². The Bertz CT molecular complexity index is 1180. The van der Waals surface area contributed by atoms with Crippen LogP contribution in [0, 0.1) is 5.82 Å². The third kappa shape index (κ3) is 6.46. The van der Waals surface area contributed by atoms with Crippen LogP contribution in [0.25, 0.3) is 0 Å². The van der Waals surface area contributed by atoms with E-state index in [9.17, 15) is 19.7 Å². The zero-order chi connectivity index (χ0) is 25.8. The normalized spacial score (nSPS) is 24.0. The minimum Gasteiger partial charge on any atom is -0.0840 e. The summed E-state index contributed by atoms with van der Waals surface area (Å²) >= 11 is 9.07. The molecule has 3 N–H and O–H groups in total. The van der Waals surface area contributed by atoms with E-state index in [1.165, 1.54) is 34.7 Å². The summed E-state index contributed by atoms with van der Waals surface area (Å²) in [5, 5.41) is 32.4. The van der Waals surface area contributed by atoms with Crippen molar-refractivity contribution in [3.8, 4) is 5.75 Å². The van der Waals surface area contributed by atoms with E-state index in [2.05, 4.69) is 0 Å². The van der Waals surface area contributed by atoms with Gasteiger partial charge in [-0.25, -0.2) is 0 Å². The maximum absolute atomic E-state index is 14.2. The Hall–Kier alpha value is -1.57. The summed E-state index contributed by atoms with van der Waals surface area (Å²) in [5.41, 5.74) is 2.51. The summed E-state index contributed by atoms with van der Waals surface area (Å²) in [6, 6.07) is 18.0. The van der Waals surface area contributed by atoms with Crippen molar-refractivity contribution in [2.24, 2.45) is 0 Å². The van der Waals surface area contributed by atoms with E-state index in [0.717, 1.165) is 21.2 Å². The average Bonchev–Trinajstić information content (AvgIpc) is 2.87. The van der Waals surface area contributed by atoms with E-state index < -0.39 is 30.5 Å². The molecule has 0 aliphatic carbocycles. The van der Waals surface area contributed by atoms with Gasteiger partial charge in [-0.2, -0.15) is 0 Å². The van der Waals surface area contributed by atoms with Crippen LogP contribution in [-0.4, -0.2) is 68.9 Å². The van der Waals surface area contributed by atoms with Crippen LogP contribution < -0.4 is 9.09 Å². The van der Waals surface area contributed by atoms with E-state index in [1.807, 2.05) is 37.3 Å². The van der Waals surface area contributed by atoms with Crippen LogP contribution in [0.2, 0.25) is 5.02 Å². The number of rotatable bonds is 8. The predicted molar refractivity (Wildman–Crippen MR) is 143 cm³/mol. The van der Waals surface area contributed by atoms with Gasteiger partial charge in [0, 0.05) is 0 Å². The molecular formula is C27H29AsClFO5S. The molecule has 0 amide bonds. The molecule has 4 rings (SSSR count). The molecule has 0 bridgehead atoms. The number of aliphatic hydroxyl groups excluding tert-OH is 3. The van der Waals surface area contributed by atoms with Crippen molar-refractivity contribution >= 4 is 44.6 Å². The number of hydrogen-bond donors (Lipinski definition) is 3. The molecule has 0 aromatic heterocycles. The van der Waals surface area contributed by atoms with Crippen molar-refractivity contribution in [3.05, 3.63) is 88.2 Å². The first-order valence-corrected chi connectivity index (χ1v) is 14.2. The summed E-state index contributed by atoms with van der Waals surface area (Å²) in [4.78, 5) is 0.453. The number of ether oxygens (including phenoxy) is 2. The fraction of sp³-hybridized carbons (Fsp3) is 0.333. The van der Waals surface area contributed by atoms with Gasteiger partial charge in [-0.05, 0) is 24.6 Å². The minimum atomic E-state index is -1.41. The van der Waals surface area contributed by atoms with Gasteiger partial charge < -0.3 is 4.74 Å². The fourth-order valence-electron chi connectivity index (χ4n) is 4.16. The monoisotopic (exact) mass is 594 g/mol. The first-order chi connectivity index (χ1) is 17.3. The Morgan fingerprint density at radius 3 is 2.47 bits per heavy atom. The van der Waals surface area contributed by atoms with Gasteiger partial charge in [-0.3, -0.25) is 0 Å². The van der Waals surface area contributed by atoms with E-state index in [4.69, 9.17) is 21.1 Å². The van der Waals surface area contributed by atoms with Gasteiger partial charge in [-0.1, -0.05) is 23.7 Å². The van der Waals surface area contributed by atoms with Crippen molar-refractivity contribution < 1.29 is 29.2 Å². The molecule has 1 aliphatic rings. The molecule has 0 saturated carbocycles. The van der Waals surface area contributed by atoms with Crippen molar-refractivity contribution in [2.45, 2.75) is 48.8 Å². The smallest absolute Gasteiger partial charge is 0.0840 e. The predicted octanol–water partition coefficient (Wildman–Crippen LogP) is 3.04. The summed E-state index contributed by atoms with van der Waals surface area (Å²) < 4.78 is 26.8. The quantitative estimate of drug-likeness (QED) is 0.275. The number of thioether (sulfide) groups is 1. The number of aliphatic hydroxyl groups is 3. The Labute approximate surface area is 228 Å². The van der Waals surface area contributed by atoms with E-state index in [1.54, 1.807) is 24.3 Å². The third-order valence-electron chi connectivity index (χ3n) is 6.10. The molecule has 1 saturated heterocycles. The molecule has 5 nitrogen and oxygen atoms in total. The number of benzene rings is 3. The first-order valence-electron chi connectivity index (χ1n) is 11.6. The van der Waals surface area contributed by atoms with Crippen LogP contribution in [0.15, 0.2) is 65.6 Å². The fourth-order valence-corrected chi connectivity index (χ4v) is 6.20. The maximum atomic E-state index is 14.2. The van der Waals surface area contributed by atoms with Crippen LogP contribution >= 0.6 is 23.4 Å². The van der Waals surface area contributed by atoms with E-state index in [0.29, 0.717) is 28.5 Å². The van der Waals surface area contributed by atoms with Gasteiger partial charge in [0.05, 0.1) is 6.61 Å². The van der Waals surface area contributed by atoms with Gasteiger partial charge in [0.1, 0.15) is 5.75 Å². The standard InChI is InChI=1S/C27H29AsClFO5S/c1-2-34-19-7-3-15(4-8-19)11-17-12-16(5-9-20(17)29)27-26(33)25(32)24(31)22(35-27)14-36-23-13-18(28)6-10-21(23)30/h3-10,12-13,22,24-27,31-33H,2,11,14,28H2,1H3/t22-,24-,25+,26-,27+/m1/s1. The second kappa shape index (κ2) is 12.3. The van der Waals surface area contributed by atoms with Crippen LogP contribution in [0.1, 0.15) is 29.7 Å². The van der Waals surface area contributed by atoms with Crippen LogP contribution in [0.5, 0.6) is 5.75 Å². The third-order valence-corrected chi connectivity index (χ3v) is 8.34. The molecule has 9 heteroatoms. The van der Waals surface area contributed by atoms with E-state index >= 15 is 0 Å². The van der Waals surface area contributed by atoms with Gasteiger partial charge in [0.2, 0.25) is 0 Å². The summed E-state index contributed by atoms with van der Waals surface area (Å²) in [6.45, 7) is 2.53. The molecule has 1 aliphatic heterocycles. The molecule has 0 spiro atoms. The molecule has 36 heavy (non-hydrogen) atoms. The molecule has 3 aromatic rings. The minimum absolute atomic E-state index is 0.210. The van der Waals surface area contributed by atoms with Crippen LogP contribution in [0.4, 0.5) is 4.39 Å². The molecular weight excluding hydrogens is 566 g/mol. The SMILES string of the molecule is CCOc1ccc(Cc2cc([C@@H]3O[C@H](CSc4cc([AsH2])ccc4F)[C@@H](O)[C@H](O)[C@H]3O)ccc2Cl)cc1. The second-order valence-corrected chi connectivity index (χ2v) is 11.5. The van der Waals surface area contributed by atoms with Crippen molar-refractivity contribution in [1.82, 2.24) is 0 Å². The Morgan fingerprint density at radius 2 is 1.75 bits per heavy atom. The molecule has 6 atom stereocenters. The molecule has 1 heterocycles. The zero-order valence-corrected chi connectivity index (χ0v) is 23.7. The van der Waals surface area contributed by atoms with Crippen molar-refractivity contribution in [1.29, 1.82) is 0 Å². The van der Waals surface area contributed by atoms with Gasteiger partial charge in [0.15, 0.2) is 0 Å². The summed E-state index contributed by atoms with van der Waals surface area (Å²) in [6.07, 6.45) is -5.19. The number of halogens is 2. The van der Waals surface area contributed by atoms with Crippen molar-refractivity contribution in [3.63, 3.8) is 0 Å². The van der Waals surface area contributed by atoms with Gasteiger partial charge in [-0.15, -0.1) is 0 Å². The molecule has 192 valence electrons. The Balaban J connectivity index is 1.52. The Morgan fingerprint density at radius 1 is 1.00 bits per heavy atom. The topological polar surface area (TPSA) is 79.2 Å². The van der Waals surface area contributed by atoms with Crippen LogP contribution in [-0.2, 0) is 11.2 Å². The summed E-state index contributed by atoms with van der Waals surface area (Å²) in [5.74, 6) is 0.657. The van der Waals surface area contributed by atoms with Crippen molar-refractivity contribution in [2.75, 3.05) is 12.4 Å². The van der Waals surface area contributed by atoms with Crippen LogP contribution in [0.3, 0.4) is 0 Å². The molecule has 1 fully saturated rings. The summed E-state index contributed by atoms with van der Waals surface area (Å²) in [7, 11) is 0. The molecule has 3 aromatic carbocycles.